The van der Waals surface area contributed by atoms with Crippen molar-refractivity contribution in [3.63, 3.8) is 0 Å². The van der Waals surface area contributed by atoms with Crippen LogP contribution in [-0.2, 0) is 16.1 Å². The van der Waals surface area contributed by atoms with Gasteiger partial charge < -0.3 is 10.2 Å². The lowest BCUT2D eigenvalue weighted by molar-refractivity contribution is -0.135. The Bertz CT molecular complexity index is 502. The lowest BCUT2D eigenvalue weighted by atomic mass is 10.2. The molecule has 1 aromatic rings. The van der Waals surface area contributed by atoms with Gasteiger partial charge in [0.2, 0.25) is 11.8 Å². The van der Waals surface area contributed by atoms with Crippen molar-refractivity contribution in [1.29, 1.82) is 0 Å². The number of carbonyl (C=O) groups is 2. The summed E-state index contributed by atoms with van der Waals surface area (Å²) in [6, 6.07) is 10.2. The van der Waals surface area contributed by atoms with Gasteiger partial charge in [0.1, 0.15) is 0 Å². The SMILES string of the molecule is CC(C)N1CCC(=O)N(CC(=O)NCc2ccccc2)CC1. The number of hydrogen-bond acceptors (Lipinski definition) is 3. The number of carbonyl (C=O) groups excluding carboxylic acids is 2. The fourth-order valence-corrected chi connectivity index (χ4v) is 2.59. The van der Waals surface area contributed by atoms with Gasteiger partial charge in [-0.1, -0.05) is 30.3 Å². The third kappa shape index (κ3) is 4.84. The van der Waals surface area contributed by atoms with E-state index in [1.54, 1.807) is 4.90 Å². The maximum Gasteiger partial charge on any atom is 0.239 e. The minimum absolute atomic E-state index is 0.0676. The van der Waals surface area contributed by atoms with Crippen LogP contribution in [0.1, 0.15) is 25.8 Å². The second kappa shape index (κ2) is 7.94. The van der Waals surface area contributed by atoms with Crippen molar-refractivity contribution in [2.24, 2.45) is 0 Å². The van der Waals surface area contributed by atoms with Gasteiger partial charge >= 0.3 is 0 Å². The van der Waals surface area contributed by atoms with Crippen LogP contribution in [-0.4, -0.2) is 53.8 Å². The first-order chi connectivity index (χ1) is 10.6. The molecule has 5 nitrogen and oxygen atoms in total. The van der Waals surface area contributed by atoms with Crippen molar-refractivity contribution in [2.45, 2.75) is 32.9 Å². The molecule has 22 heavy (non-hydrogen) atoms. The fourth-order valence-electron chi connectivity index (χ4n) is 2.59. The summed E-state index contributed by atoms with van der Waals surface area (Å²) in [5.74, 6) is -0.0341. The third-order valence-corrected chi connectivity index (χ3v) is 4.02. The molecule has 1 aliphatic heterocycles. The van der Waals surface area contributed by atoms with Crippen LogP contribution in [0, 0.1) is 0 Å². The number of benzene rings is 1. The summed E-state index contributed by atoms with van der Waals surface area (Å²) in [6.45, 7) is 7.14. The van der Waals surface area contributed by atoms with E-state index in [-0.39, 0.29) is 18.4 Å². The molecule has 0 aliphatic carbocycles. The van der Waals surface area contributed by atoms with Gasteiger partial charge in [-0.3, -0.25) is 14.5 Å². The molecule has 0 bridgehead atoms. The summed E-state index contributed by atoms with van der Waals surface area (Å²) in [5, 5.41) is 2.87. The highest BCUT2D eigenvalue weighted by Gasteiger charge is 2.23. The van der Waals surface area contributed by atoms with E-state index in [2.05, 4.69) is 24.1 Å². The summed E-state index contributed by atoms with van der Waals surface area (Å²) in [7, 11) is 0. The Kier molecular flexibility index (Phi) is 5.95. The molecule has 1 heterocycles. The van der Waals surface area contributed by atoms with E-state index in [1.165, 1.54) is 0 Å². The zero-order valence-corrected chi connectivity index (χ0v) is 13.4. The summed E-state index contributed by atoms with van der Waals surface area (Å²) in [6.07, 6.45) is 0.490. The summed E-state index contributed by atoms with van der Waals surface area (Å²) in [5.41, 5.74) is 1.06. The van der Waals surface area contributed by atoms with Gasteiger partial charge in [0.05, 0.1) is 6.54 Å². The smallest absolute Gasteiger partial charge is 0.239 e. The molecule has 1 N–H and O–H groups in total. The Labute approximate surface area is 132 Å². The molecular weight excluding hydrogens is 278 g/mol. The van der Waals surface area contributed by atoms with Gasteiger partial charge in [-0.15, -0.1) is 0 Å². The largest absolute Gasteiger partial charge is 0.350 e. The van der Waals surface area contributed by atoms with E-state index in [4.69, 9.17) is 0 Å². The van der Waals surface area contributed by atoms with E-state index in [0.29, 0.717) is 25.6 Å². The number of hydrogen-bond donors (Lipinski definition) is 1. The van der Waals surface area contributed by atoms with Gasteiger partial charge in [-0.2, -0.15) is 0 Å². The van der Waals surface area contributed by atoms with E-state index in [9.17, 15) is 9.59 Å². The standard InChI is InChI=1S/C17H25N3O2/c1-14(2)19-9-8-17(22)20(11-10-19)13-16(21)18-12-15-6-4-3-5-7-15/h3-7,14H,8-13H2,1-2H3,(H,18,21). The fraction of sp³-hybridized carbons (Fsp3) is 0.529. The monoisotopic (exact) mass is 303 g/mol. The third-order valence-electron chi connectivity index (χ3n) is 4.02. The highest BCUT2D eigenvalue weighted by Crippen LogP contribution is 2.08. The Morgan fingerprint density at radius 3 is 2.59 bits per heavy atom. The molecule has 120 valence electrons. The highest BCUT2D eigenvalue weighted by atomic mass is 16.2. The summed E-state index contributed by atoms with van der Waals surface area (Å²) >= 11 is 0. The molecule has 1 fully saturated rings. The van der Waals surface area contributed by atoms with Crippen LogP contribution < -0.4 is 5.32 Å². The average molecular weight is 303 g/mol. The Morgan fingerprint density at radius 1 is 1.18 bits per heavy atom. The topological polar surface area (TPSA) is 52.7 Å². The van der Waals surface area contributed by atoms with Gasteiger partial charge in [-0.05, 0) is 19.4 Å². The number of rotatable bonds is 5. The summed E-state index contributed by atoms with van der Waals surface area (Å²) in [4.78, 5) is 28.1. The van der Waals surface area contributed by atoms with Crippen molar-refractivity contribution in [2.75, 3.05) is 26.2 Å². The Morgan fingerprint density at radius 2 is 1.91 bits per heavy atom. The zero-order valence-electron chi connectivity index (χ0n) is 13.4. The maximum atomic E-state index is 12.1. The molecule has 0 atom stereocenters. The summed E-state index contributed by atoms with van der Waals surface area (Å²) < 4.78 is 0. The van der Waals surface area contributed by atoms with Crippen LogP contribution in [0.2, 0.25) is 0 Å². The van der Waals surface area contributed by atoms with Gasteiger partial charge in [0, 0.05) is 38.6 Å². The van der Waals surface area contributed by atoms with Gasteiger partial charge in [0.15, 0.2) is 0 Å². The van der Waals surface area contributed by atoms with Crippen LogP contribution in [0.5, 0.6) is 0 Å². The maximum absolute atomic E-state index is 12.1. The van der Waals surface area contributed by atoms with E-state index < -0.39 is 0 Å². The van der Waals surface area contributed by atoms with Crippen molar-refractivity contribution in [3.05, 3.63) is 35.9 Å². The zero-order chi connectivity index (χ0) is 15.9. The van der Waals surface area contributed by atoms with E-state index >= 15 is 0 Å². The normalized spacial score (nSPS) is 16.7. The second-order valence-electron chi connectivity index (χ2n) is 5.96. The molecule has 0 saturated carbocycles. The minimum Gasteiger partial charge on any atom is -0.350 e. The van der Waals surface area contributed by atoms with Crippen molar-refractivity contribution < 1.29 is 9.59 Å². The molecule has 5 heteroatoms. The minimum atomic E-state index is -0.102. The molecule has 2 amide bonds. The average Bonchev–Trinajstić information content (AvgIpc) is 2.69. The van der Waals surface area contributed by atoms with Crippen molar-refractivity contribution in [1.82, 2.24) is 15.1 Å². The highest BCUT2D eigenvalue weighted by molar-refractivity contribution is 5.85. The molecule has 1 aliphatic rings. The van der Waals surface area contributed by atoms with Crippen LogP contribution >= 0.6 is 0 Å². The van der Waals surface area contributed by atoms with Crippen molar-refractivity contribution in [3.8, 4) is 0 Å². The molecule has 2 rings (SSSR count). The van der Waals surface area contributed by atoms with Crippen LogP contribution in [0.25, 0.3) is 0 Å². The first-order valence-corrected chi connectivity index (χ1v) is 7.88. The van der Waals surface area contributed by atoms with Gasteiger partial charge in [0.25, 0.3) is 0 Å². The van der Waals surface area contributed by atoms with Crippen LogP contribution in [0.15, 0.2) is 30.3 Å². The van der Waals surface area contributed by atoms with Gasteiger partial charge in [-0.25, -0.2) is 0 Å². The lowest BCUT2D eigenvalue weighted by Crippen LogP contribution is -2.41. The molecule has 0 radical (unpaired) electrons. The lowest BCUT2D eigenvalue weighted by Gasteiger charge is -2.24. The van der Waals surface area contributed by atoms with E-state index in [1.807, 2.05) is 30.3 Å². The number of amides is 2. The predicted molar refractivity (Wildman–Crippen MR) is 86.2 cm³/mol. The molecule has 1 aromatic carbocycles. The first kappa shape index (κ1) is 16.5. The number of nitrogens with one attached hydrogen (secondary N) is 1. The van der Waals surface area contributed by atoms with Crippen LogP contribution in [0.4, 0.5) is 0 Å². The quantitative estimate of drug-likeness (QED) is 0.890. The Balaban J connectivity index is 1.81. The second-order valence-corrected chi connectivity index (χ2v) is 5.96. The van der Waals surface area contributed by atoms with Crippen LogP contribution in [0.3, 0.4) is 0 Å². The molecule has 0 aromatic heterocycles. The molecule has 0 spiro atoms. The molecule has 0 unspecified atom stereocenters. The molecule has 1 saturated heterocycles. The first-order valence-electron chi connectivity index (χ1n) is 7.88. The molecular formula is C17H25N3O2. The predicted octanol–water partition coefficient (Wildman–Crippen LogP) is 1.25. The Hall–Kier alpha value is -1.88. The van der Waals surface area contributed by atoms with Crippen molar-refractivity contribution >= 4 is 11.8 Å². The number of nitrogens with zero attached hydrogens (tertiary/aromatic N) is 2. The van der Waals surface area contributed by atoms with E-state index in [0.717, 1.165) is 18.7 Å².